The molecule has 0 bridgehead atoms. The Morgan fingerprint density at radius 3 is 2.84 bits per heavy atom. The summed E-state index contributed by atoms with van der Waals surface area (Å²) < 4.78 is 13.2. The van der Waals surface area contributed by atoms with Crippen LogP contribution in [0.5, 0.6) is 0 Å². The normalized spacial score (nSPS) is 10.8. The number of anilines is 1. The maximum atomic E-state index is 13.2. The van der Waals surface area contributed by atoms with Gasteiger partial charge in [-0.05, 0) is 25.1 Å². The Balaban J connectivity index is 1.95. The smallest absolute Gasteiger partial charge is 0.278 e. The fraction of sp³-hybridized carbons (Fsp3) is 0.0833. The number of aromatic amines is 2. The maximum Gasteiger partial charge on any atom is 0.278 e. The molecule has 0 saturated heterocycles. The number of carbonyl (C=O) groups excluding carboxylic acids is 1. The Bertz CT molecular complexity index is 760. The Morgan fingerprint density at radius 1 is 1.26 bits per heavy atom. The number of amides is 1. The highest BCUT2D eigenvalue weighted by atomic mass is 19.1. The number of rotatable bonds is 2. The van der Waals surface area contributed by atoms with Crippen molar-refractivity contribution >= 4 is 22.6 Å². The molecule has 0 saturated carbocycles. The van der Waals surface area contributed by atoms with Crippen LogP contribution in [0.15, 0.2) is 24.3 Å². The van der Waals surface area contributed by atoms with Crippen LogP contribution in [0.25, 0.3) is 10.9 Å². The minimum atomic E-state index is -0.441. The third-order valence-electron chi connectivity index (χ3n) is 2.69. The van der Waals surface area contributed by atoms with E-state index in [9.17, 15) is 9.18 Å². The van der Waals surface area contributed by atoms with Crippen molar-refractivity contribution in [3.63, 3.8) is 0 Å². The Morgan fingerprint density at radius 2 is 2.11 bits per heavy atom. The average molecular weight is 259 g/mol. The predicted molar refractivity (Wildman–Crippen MR) is 67.3 cm³/mol. The number of aryl methyl sites for hydroxylation is 1. The van der Waals surface area contributed by atoms with E-state index in [2.05, 4.69) is 25.7 Å². The summed E-state index contributed by atoms with van der Waals surface area (Å²) in [5.74, 6) is -0.461. The number of carbonyl (C=O) groups is 1. The van der Waals surface area contributed by atoms with Gasteiger partial charge in [0.05, 0.1) is 5.52 Å². The molecular weight excluding hydrogens is 249 g/mol. The molecule has 6 nitrogen and oxygen atoms in total. The molecule has 2 heterocycles. The summed E-state index contributed by atoms with van der Waals surface area (Å²) in [4.78, 5) is 12.0. The third-order valence-corrected chi connectivity index (χ3v) is 2.69. The summed E-state index contributed by atoms with van der Waals surface area (Å²) in [6.07, 6.45) is 0. The second-order valence-corrected chi connectivity index (χ2v) is 4.15. The van der Waals surface area contributed by atoms with Crippen molar-refractivity contribution in [2.75, 3.05) is 5.32 Å². The molecule has 3 rings (SSSR count). The third kappa shape index (κ3) is 2.05. The van der Waals surface area contributed by atoms with Gasteiger partial charge in [0, 0.05) is 17.1 Å². The molecule has 3 aromatic rings. The minimum absolute atomic E-state index is 0.134. The topological polar surface area (TPSA) is 86.5 Å². The molecule has 0 aliphatic carbocycles. The molecule has 0 fully saturated rings. The van der Waals surface area contributed by atoms with Crippen molar-refractivity contribution in [3.05, 3.63) is 41.5 Å². The second kappa shape index (κ2) is 4.20. The first-order valence-corrected chi connectivity index (χ1v) is 5.60. The number of halogens is 1. The van der Waals surface area contributed by atoms with Crippen molar-refractivity contribution in [1.82, 2.24) is 20.4 Å². The van der Waals surface area contributed by atoms with Gasteiger partial charge in [0.2, 0.25) is 0 Å². The van der Waals surface area contributed by atoms with E-state index in [0.717, 1.165) is 5.69 Å². The van der Waals surface area contributed by atoms with Crippen LogP contribution in [-0.2, 0) is 0 Å². The zero-order chi connectivity index (χ0) is 13.4. The summed E-state index contributed by atoms with van der Waals surface area (Å²) in [6.45, 7) is 1.82. The molecule has 3 N–H and O–H groups in total. The number of fused-ring (bicyclic) bond motifs is 1. The molecule has 0 spiro atoms. The van der Waals surface area contributed by atoms with Crippen LogP contribution in [0, 0.1) is 12.7 Å². The predicted octanol–water partition coefficient (Wildman–Crippen LogP) is 1.99. The molecular formula is C12H10FN5O. The molecule has 96 valence electrons. The van der Waals surface area contributed by atoms with E-state index in [1.165, 1.54) is 18.2 Å². The van der Waals surface area contributed by atoms with Gasteiger partial charge in [0.25, 0.3) is 5.91 Å². The summed E-state index contributed by atoms with van der Waals surface area (Å²) in [6, 6.07) is 5.79. The van der Waals surface area contributed by atoms with E-state index >= 15 is 0 Å². The van der Waals surface area contributed by atoms with Gasteiger partial charge in [0.15, 0.2) is 11.5 Å². The first-order valence-electron chi connectivity index (χ1n) is 5.60. The van der Waals surface area contributed by atoms with Gasteiger partial charge < -0.3 is 5.32 Å². The van der Waals surface area contributed by atoms with Gasteiger partial charge in [-0.25, -0.2) is 4.39 Å². The van der Waals surface area contributed by atoms with Gasteiger partial charge in [-0.1, -0.05) is 0 Å². The van der Waals surface area contributed by atoms with Crippen molar-refractivity contribution in [2.45, 2.75) is 6.92 Å². The van der Waals surface area contributed by atoms with Gasteiger partial charge in [-0.3, -0.25) is 15.0 Å². The van der Waals surface area contributed by atoms with Crippen LogP contribution < -0.4 is 5.32 Å². The van der Waals surface area contributed by atoms with Crippen molar-refractivity contribution in [3.8, 4) is 0 Å². The van der Waals surface area contributed by atoms with Gasteiger partial charge in [-0.2, -0.15) is 10.2 Å². The summed E-state index contributed by atoms with van der Waals surface area (Å²) in [7, 11) is 0. The summed E-state index contributed by atoms with van der Waals surface area (Å²) in [5, 5.41) is 16.2. The lowest BCUT2D eigenvalue weighted by molar-refractivity contribution is 0.102. The second-order valence-electron chi connectivity index (χ2n) is 4.15. The van der Waals surface area contributed by atoms with Crippen LogP contribution in [0.4, 0.5) is 10.2 Å². The van der Waals surface area contributed by atoms with E-state index in [0.29, 0.717) is 16.7 Å². The molecule has 0 radical (unpaired) electrons. The number of hydrogen-bond donors (Lipinski definition) is 3. The fourth-order valence-electron chi connectivity index (χ4n) is 1.82. The number of benzene rings is 1. The molecule has 2 aromatic heterocycles. The van der Waals surface area contributed by atoms with E-state index in [4.69, 9.17) is 0 Å². The Labute approximate surface area is 107 Å². The van der Waals surface area contributed by atoms with Crippen LogP contribution in [0.1, 0.15) is 16.2 Å². The highest BCUT2D eigenvalue weighted by molar-refractivity contribution is 6.10. The van der Waals surface area contributed by atoms with Crippen LogP contribution in [-0.4, -0.2) is 26.3 Å². The number of nitrogens with one attached hydrogen (secondary N) is 3. The number of H-pyrrole nitrogens is 2. The van der Waals surface area contributed by atoms with E-state index in [-0.39, 0.29) is 5.69 Å². The molecule has 0 atom stereocenters. The molecule has 19 heavy (non-hydrogen) atoms. The Kier molecular flexibility index (Phi) is 2.52. The zero-order valence-electron chi connectivity index (χ0n) is 9.99. The first-order chi connectivity index (χ1) is 9.13. The highest BCUT2D eigenvalue weighted by Gasteiger charge is 2.15. The van der Waals surface area contributed by atoms with Gasteiger partial charge in [-0.15, -0.1) is 0 Å². The molecule has 7 heteroatoms. The highest BCUT2D eigenvalue weighted by Crippen LogP contribution is 2.18. The summed E-state index contributed by atoms with van der Waals surface area (Å²) in [5.41, 5.74) is 1.56. The standard InChI is InChI=1S/C12H10FN5O/c1-6-4-10(17-15-6)14-12(19)11-8-5-7(13)2-3-9(8)16-18-11/h2-5H,1H3,(H,16,18)(H2,14,15,17,19). The van der Waals surface area contributed by atoms with E-state index < -0.39 is 11.7 Å². The molecule has 1 amide bonds. The molecule has 0 aliphatic heterocycles. The number of aromatic nitrogens is 4. The average Bonchev–Trinajstić information content (AvgIpc) is 2.95. The fourth-order valence-corrected chi connectivity index (χ4v) is 1.82. The summed E-state index contributed by atoms with van der Waals surface area (Å²) >= 11 is 0. The van der Waals surface area contributed by atoms with Crippen LogP contribution in [0.3, 0.4) is 0 Å². The Hall–Kier alpha value is -2.70. The quantitative estimate of drug-likeness (QED) is 0.657. The molecule has 0 unspecified atom stereocenters. The SMILES string of the molecule is Cc1cc(NC(=O)c2n[nH]c3ccc(F)cc23)n[nH]1. The zero-order valence-corrected chi connectivity index (χ0v) is 9.99. The maximum absolute atomic E-state index is 13.2. The van der Waals surface area contributed by atoms with Crippen LogP contribution >= 0.6 is 0 Å². The van der Waals surface area contributed by atoms with Gasteiger partial charge >= 0.3 is 0 Å². The van der Waals surface area contributed by atoms with Gasteiger partial charge in [0.1, 0.15) is 5.82 Å². The van der Waals surface area contributed by atoms with Crippen molar-refractivity contribution in [1.29, 1.82) is 0 Å². The first kappa shape index (κ1) is 11.4. The lowest BCUT2D eigenvalue weighted by Gasteiger charge is -1.98. The monoisotopic (exact) mass is 259 g/mol. The number of nitrogens with zero attached hydrogens (tertiary/aromatic N) is 2. The molecule has 1 aromatic carbocycles. The van der Waals surface area contributed by atoms with Crippen LogP contribution in [0.2, 0.25) is 0 Å². The number of hydrogen-bond acceptors (Lipinski definition) is 3. The largest absolute Gasteiger partial charge is 0.304 e. The van der Waals surface area contributed by atoms with E-state index in [1.54, 1.807) is 6.07 Å². The van der Waals surface area contributed by atoms with E-state index in [1.807, 2.05) is 6.92 Å². The minimum Gasteiger partial charge on any atom is -0.304 e. The van der Waals surface area contributed by atoms with Crippen molar-refractivity contribution < 1.29 is 9.18 Å². The molecule has 0 aliphatic rings. The van der Waals surface area contributed by atoms with Crippen molar-refractivity contribution in [2.24, 2.45) is 0 Å². The lowest BCUT2D eigenvalue weighted by Crippen LogP contribution is -2.13. The lowest BCUT2D eigenvalue weighted by atomic mass is 10.2.